The van der Waals surface area contributed by atoms with Crippen LogP contribution in [0, 0.1) is 0 Å². The summed E-state index contributed by atoms with van der Waals surface area (Å²) in [7, 11) is 4.07. The summed E-state index contributed by atoms with van der Waals surface area (Å²) in [5.41, 5.74) is 7.01. The molecule has 0 radical (unpaired) electrons. The van der Waals surface area contributed by atoms with Gasteiger partial charge in [0.15, 0.2) is 0 Å². The van der Waals surface area contributed by atoms with E-state index in [0.717, 1.165) is 24.0 Å². The third-order valence-corrected chi connectivity index (χ3v) is 3.33. The van der Waals surface area contributed by atoms with Crippen LogP contribution in [0.1, 0.15) is 23.7 Å². The van der Waals surface area contributed by atoms with E-state index in [4.69, 9.17) is 5.73 Å². The van der Waals surface area contributed by atoms with Crippen LogP contribution in [0.3, 0.4) is 0 Å². The van der Waals surface area contributed by atoms with E-state index < -0.39 is 0 Å². The van der Waals surface area contributed by atoms with E-state index in [0.29, 0.717) is 17.8 Å². The van der Waals surface area contributed by atoms with Crippen molar-refractivity contribution in [3.8, 4) is 0 Å². The van der Waals surface area contributed by atoms with Crippen molar-refractivity contribution < 1.29 is 4.79 Å². The first-order chi connectivity index (χ1) is 8.93. The van der Waals surface area contributed by atoms with E-state index >= 15 is 0 Å². The fourth-order valence-electron chi connectivity index (χ4n) is 1.90. The number of halogens is 1. The number of benzene rings is 1. The van der Waals surface area contributed by atoms with Gasteiger partial charge in [-0.3, -0.25) is 4.79 Å². The molecular formula is C14H22BrN3O. The average molecular weight is 328 g/mol. The van der Waals surface area contributed by atoms with Gasteiger partial charge in [0, 0.05) is 28.8 Å². The Kier molecular flexibility index (Phi) is 6.31. The van der Waals surface area contributed by atoms with Crippen molar-refractivity contribution >= 4 is 27.5 Å². The molecule has 1 aromatic rings. The van der Waals surface area contributed by atoms with E-state index in [9.17, 15) is 4.79 Å². The number of nitrogen functional groups attached to an aromatic ring is 1. The standard InChI is InChI=1S/C14H22BrN3O/c1-4-18(7-5-6-17(2)3)14(19)11-8-12(15)10-13(16)9-11/h8-10H,4-7,16H2,1-3H3. The Morgan fingerprint density at radius 3 is 2.47 bits per heavy atom. The molecule has 0 heterocycles. The van der Waals surface area contributed by atoms with Gasteiger partial charge in [-0.1, -0.05) is 15.9 Å². The molecule has 19 heavy (non-hydrogen) atoms. The number of rotatable bonds is 6. The molecular weight excluding hydrogens is 306 g/mol. The zero-order valence-electron chi connectivity index (χ0n) is 11.8. The summed E-state index contributed by atoms with van der Waals surface area (Å²) in [6.45, 7) is 4.44. The zero-order chi connectivity index (χ0) is 14.4. The Morgan fingerprint density at radius 1 is 1.26 bits per heavy atom. The Morgan fingerprint density at radius 2 is 1.95 bits per heavy atom. The Labute approximate surface area is 123 Å². The first-order valence-corrected chi connectivity index (χ1v) is 7.23. The second-order valence-electron chi connectivity index (χ2n) is 4.81. The molecule has 0 atom stereocenters. The van der Waals surface area contributed by atoms with Gasteiger partial charge in [-0.15, -0.1) is 0 Å². The third-order valence-electron chi connectivity index (χ3n) is 2.87. The van der Waals surface area contributed by atoms with Crippen LogP contribution in [0.5, 0.6) is 0 Å². The van der Waals surface area contributed by atoms with E-state index in [1.807, 2.05) is 32.0 Å². The summed E-state index contributed by atoms with van der Waals surface area (Å²) in [6.07, 6.45) is 0.968. The molecule has 0 aliphatic rings. The fraction of sp³-hybridized carbons (Fsp3) is 0.500. The minimum Gasteiger partial charge on any atom is -0.399 e. The molecule has 1 aromatic carbocycles. The Bertz CT molecular complexity index is 414. The molecule has 0 bridgehead atoms. The van der Waals surface area contributed by atoms with Crippen LogP contribution in [0.2, 0.25) is 0 Å². The molecule has 0 aliphatic heterocycles. The highest BCUT2D eigenvalue weighted by Crippen LogP contribution is 2.18. The molecule has 1 amide bonds. The summed E-state index contributed by atoms with van der Waals surface area (Å²) in [5, 5.41) is 0. The van der Waals surface area contributed by atoms with Crippen molar-refractivity contribution in [2.24, 2.45) is 0 Å². The summed E-state index contributed by atoms with van der Waals surface area (Å²) in [5.74, 6) is 0.0363. The number of carbonyl (C=O) groups excluding carboxylic acids is 1. The van der Waals surface area contributed by atoms with Crippen molar-refractivity contribution in [3.63, 3.8) is 0 Å². The van der Waals surface area contributed by atoms with Crippen molar-refractivity contribution in [2.75, 3.05) is 39.5 Å². The average Bonchev–Trinajstić information content (AvgIpc) is 2.32. The highest BCUT2D eigenvalue weighted by atomic mass is 79.9. The van der Waals surface area contributed by atoms with E-state index in [1.54, 1.807) is 12.1 Å². The number of anilines is 1. The van der Waals surface area contributed by atoms with Crippen molar-refractivity contribution in [3.05, 3.63) is 28.2 Å². The van der Waals surface area contributed by atoms with Gasteiger partial charge in [0.25, 0.3) is 5.91 Å². The number of amides is 1. The highest BCUT2D eigenvalue weighted by molar-refractivity contribution is 9.10. The zero-order valence-corrected chi connectivity index (χ0v) is 13.4. The quantitative estimate of drug-likeness (QED) is 0.816. The molecule has 0 saturated carbocycles. The lowest BCUT2D eigenvalue weighted by Gasteiger charge is -2.22. The van der Waals surface area contributed by atoms with E-state index in [-0.39, 0.29) is 5.91 Å². The number of nitrogens with zero attached hydrogens (tertiary/aromatic N) is 2. The molecule has 0 spiro atoms. The lowest BCUT2D eigenvalue weighted by molar-refractivity contribution is 0.0759. The SMILES string of the molecule is CCN(CCCN(C)C)C(=O)c1cc(N)cc(Br)c1. The predicted octanol–water partition coefficient (Wildman–Crippen LogP) is 2.45. The first kappa shape index (κ1) is 16.0. The van der Waals surface area contributed by atoms with Crippen LogP contribution < -0.4 is 5.73 Å². The van der Waals surface area contributed by atoms with E-state index in [2.05, 4.69) is 20.8 Å². The molecule has 2 N–H and O–H groups in total. The second kappa shape index (κ2) is 7.50. The van der Waals surface area contributed by atoms with Crippen LogP contribution in [0.15, 0.2) is 22.7 Å². The van der Waals surface area contributed by atoms with Crippen molar-refractivity contribution in [1.29, 1.82) is 0 Å². The molecule has 0 saturated heterocycles. The summed E-state index contributed by atoms with van der Waals surface area (Å²) in [6, 6.07) is 5.33. The monoisotopic (exact) mass is 327 g/mol. The third kappa shape index (κ3) is 5.20. The maximum atomic E-state index is 12.4. The first-order valence-electron chi connectivity index (χ1n) is 6.44. The lowest BCUT2D eigenvalue weighted by Crippen LogP contribution is -2.33. The number of carbonyl (C=O) groups is 1. The fourth-order valence-corrected chi connectivity index (χ4v) is 2.41. The summed E-state index contributed by atoms with van der Waals surface area (Å²) >= 11 is 3.37. The molecule has 0 aliphatic carbocycles. The minimum absolute atomic E-state index is 0.0363. The van der Waals surface area contributed by atoms with Crippen molar-refractivity contribution in [2.45, 2.75) is 13.3 Å². The molecule has 0 fully saturated rings. The van der Waals surface area contributed by atoms with Crippen LogP contribution in [-0.2, 0) is 0 Å². The molecule has 4 nitrogen and oxygen atoms in total. The highest BCUT2D eigenvalue weighted by Gasteiger charge is 2.14. The van der Waals surface area contributed by atoms with Gasteiger partial charge in [0.1, 0.15) is 0 Å². The van der Waals surface area contributed by atoms with Gasteiger partial charge in [0.2, 0.25) is 0 Å². The Hall–Kier alpha value is -1.07. The number of nitrogens with two attached hydrogens (primary N) is 1. The minimum atomic E-state index is 0.0363. The van der Waals surface area contributed by atoms with Gasteiger partial charge in [-0.25, -0.2) is 0 Å². The van der Waals surface area contributed by atoms with Crippen LogP contribution in [0.25, 0.3) is 0 Å². The molecule has 106 valence electrons. The van der Waals surface area contributed by atoms with Gasteiger partial charge in [-0.2, -0.15) is 0 Å². The smallest absolute Gasteiger partial charge is 0.253 e. The topological polar surface area (TPSA) is 49.6 Å². The normalized spacial score (nSPS) is 10.8. The van der Waals surface area contributed by atoms with Crippen molar-refractivity contribution in [1.82, 2.24) is 9.80 Å². The predicted molar refractivity (Wildman–Crippen MR) is 83.3 cm³/mol. The summed E-state index contributed by atoms with van der Waals surface area (Å²) in [4.78, 5) is 16.4. The second-order valence-corrected chi connectivity index (χ2v) is 5.73. The summed E-state index contributed by atoms with van der Waals surface area (Å²) < 4.78 is 0.834. The van der Waals surface area contributed by atoms with Gasteiger partial charge >= 0.3 is 0 Å². The van der Waals surface area contributed by atoms with Gasteiger partial charge < -0.3 is 15.5 Å². The molecule has 0 unspecified atom stereocenters. The number of hydrogen-bond acceptors (Lipinski definition) is 3. The van der Waals surface area contributed by atoms with Gasteiger partial charge in [-0.05, 0) is 52.2 Å². The maximum Gasteiger partial charge on any atom is 0.253 e. The van der Waals surface area contributed by atoms with Gasteiger partial charge in [0.05, 0.1) is 0 Å². The maximum absolute atomic E-state index is 12.4. The molecule has 5 heteroatoms. The van der Waals surface area contributed by atoms with Crippen LogP contribution >= 0.6 is 15.9 Å². The largest absolute Gasteiger partial charge is 0.399 e. The number of hydrogen-bond donors (Lipinski definition) is 1. The lowest BCUT2D eigenvalue weighted by atomic mass is 10.1. The van der Waals surface area contributed by atoms with E-state index in [1.165, 1.54) is 0 Å². The van der Waals surface area contributed by atoms with Crippen LogP contribution in [-0.4, -0.2) is 49.4 Å². The molecule has 0 aromatic heterocycles. The Balaban J connectivity index is 2.72. The van der Waals surface area contributed by atoms with Crippen LogP contribution in [0.4, 0.5) is 5.69 Å². The molecule has 1 rings (SSSR count).